The fourth-order valence-corrected chi connectivity index (χ4v) is 5.28. The zero-order chi connectivity index (χ0) is 17.4. The Hall–Kier alpha value is -1.00. The molecule has 130 valence electrons. The first-order chi connectivity index (χ1) is 11.5. The quantitative estimate of drug-likeness (QED) is 0.255. The SMILES string of the molecule is CCCCCCC(C)(Sc1ccc(F)cc1)Sc1ccc(F)cc1. The minimum atomic E-state index is -0.213. The van der Waals surface area contributed by atoms with E-state index in [1.165, 1.54) is 43.5 Å². The molecular weight excluding hydrogens is 342 g/mol. The molecule has 0 radical (unpaired) electrons. The van der Waals surface area contributed by atoms with Gasteiger partial charge in [-0.15, -0.1) is 23.5 Å². The maximum Gasteiger partial charge on any atom is 0.123 e. The Bertz CT molecular complexity index is 561. The Balaban J connectivity index is 2.09. The predicted octanol–water partition coefficient (Wildman–Crippen LogP) is 7.54. The van der Waals surface area contributed by atoms with Gasteiger partial charge in [0.25, 0.3) is 0 Å². The fourth-order valence-electron chi connectivity index (χ4n) is 2.50. The third-order valence-corrected chi connectivity index (χ3v) is 6.57. The van der Waals surface area contributed by atoms with Crippen molar-refractivity contribution in [3.8, 4) is 0 Å². The van der Waals surface area contributed by atoms with Crippen molar-refractivity contribution < 1.29 is 8.78 Å². The summed E-state index contributed by atoms with van der Waals surface area (Å²) in [5, 5.41) is 0. The predicted molar refractivity (Wildman–Crippen MR) is 102 cm³/mol. The standard InChI is InChI=1S/C20H24F2S2/c1-3-4-5-6-15-20(2,23-18-11-7-16(21)8-12-18)24-19-13-9-17(22)10-14-19/h7-14H,3-6,15H2,1-2H3. The molecule has 24 heavy (non-hydrogen) atoms. The molecule has 0 heterocycles. The van der Waals surface area contributed by atoms with Crippen LogP contribution in [0.15, 0.2) is 58.3 Å². The van der Waals surface area contributed by atoms with Gasteiger partial charge in [-0.05, 0) is 61.9 Å². The molecule has 2 aromatic rings. The first kappa shape index (κ1) is 19.3. The van der Waals surface area contributed by atoms with Crippen molar-refractivity contribution in [3.63, 3.8) is 0 Å². The highest BCUT2D eigenvalue weighted by Crippen LogP contribution is 2.48. The second kappa shape index (κ2) is 9.47. The summed E-state index contributed by atoms with van der Waals surface area (Å²) in [6.07, 6.45) is 5.90. The largest absolute Gasteiger partial charge is 0.207 e. The van der Waals surface area contributed by atoms with Crippen LogP contribution in [0.25, 0.3) is 0 Å². The van der Waals surface area contributed by atoms with Crippen molar-refractivity contribution in [3.05, 3.63) is 60.2 Å². The Morgan fingerprint density at radius 2 is 1.21 bits per heavy atom. The van der Waals surface area contributed by atoms with Gasteiger partial charge in [0.1, 0.15) is 11.6 Å². The molecule has 0 aliphatic rings. The summed E-state index contributed by atoms with van der Waals surface area (Å²) in [6.45, 7) is 4.43. The Morgan fingerprint density at radius 1 is 0.750 bits per heavy atom. The lowest BCUT2D eigenvalue weighted by molar-refractivity contribution is 0.615. The molecule has 0 unspecified atom stereocenters. The molecule has 0 fully saturated rings. The fraction of sp³-hybridized carbons (Fsp3) is 0.400. The number of halogens is 2. The van der Waals surface area contributed by atoms with E-state index in [4.69, 9.17) is 0 Å². The molecule has 0 amide bonds. The molecule has 0 bridgehead atoms. The molecule has 0 N–H and O–H groups in total. The van der Waals surface area contributed by atoms with E-state index in [2.05, 4.69) is 13.8 Å². The van der Waals surface area contributed by atoms with Crippen molar-refractivity contribution >= 4 is 23.5 Å². The van der Waals surface area contributed by atoms with E-state index >= 15 is 0 Å². The van der Waals surface area contributed by atoms with Crippen molar-refractivity contribution in [1.29, 1.82) is 0 Å². The van der Waals surface area contributed by atoms with Gasteiger partial charge in [0.15, 0.2) is 0 Å². The van der Waals surface area contributed by atoms with Crippen LogP contribution in [0, 0.1) is 11.6 Å². The topological polar surface area (TPSA) is 0 Å². The molecule has 0 aliphatic heterocycles. The second-order valence-electron chi connectivity index (χ2n) is 6.06. The van der Waals surface area contributed by atoms with E-state index in [1.54, 1.807) is 23.5 Å². The van der Waals surface area contributed by atoms with Gasteiger partial charge < -0.3 is 0 Å². The van der Waals surface area contributed by atoms with Crippen LogP contribution in [0.2, 0.25) is 0 Å². The Labute approximate surface area is 152 Å². The highest BCUT2D eigenvalue weighted by Gasteiger charge is 2.27. The van der Waals surface area contributed by atoms with Crippen LogP contribution in [0.1, 0.15) is 46.0 Å². The molecule has 0 aromatic heterocycles. The lowest BCUT2D eigenvalue weighted by Crippen LogP contribution is -2.14. The Morgan fingerprint density at radius 3 is 1.62 bits per heavy atom. The van der Waals surface area contributed by atoms with Crippen LogP contribution in [-0.2, 0) is 0 Å². The van der Waals surface area contributed by atoms with Crippen molar-refractivity contribution in [2.24, 2.45) is 0 Å². The lowest BCUT2D eigenvalue weighted by atomic mass is 10.1. The number of rotatable bonds is 9. The molecule has 0 atom stereocenters. The zero-order valence-electron chi connectivity index (χ0n) is 14.2. The second-order valence-corrected chi connectivity index (χ2v) is 9.47. The smallest absolute Gasteiger partial charge is 0.123 e. The number of benzene rings is 2. The molecule has 0 aliphatic carbocycles. The maximum absolute atomic E-state index is 13.1. The van der Waals surface area contributed by atoms with E-state index in [-0.39, 0.29) is 15.7 Å². The third-order valence-electron chi connectivity index (χ3n) is 3.78. The van der Waals surface area contributed by atoms with Crippen molar-refractivity contribution in [1.82, 2.24) is 0 Å². The maximum atomic E-state index is 13.1. The molecule has 0 nitrogen and oxygen atoms in total. The van der Waals surface area contributed by atoms with Crippen LogP contribution in [0.4, 0.5) is 8.78 Å². The summed E-state index contributed by atoms with van der Waals surface area (Å²) >= 11 is 3.52. The van der Waals surface area contributed by atoms with E-state index < -0.39 is 0 Å². The average molecular weight is 367 g/mol. The van der Waals surface area contributed by atoms with Crippen molar-refractivity contribution in [2.45, 2.75) is 59.8 Å². The summed E-state index contributed by atoms with van der Waals surface area (Å²) in [5.74, 6) is -0.426. The van der Waals surface area contributed by atoms with Crippen LogP contribution in [0.5, 0.6) is 0 Å². The highest BCUT2D eigenvalue weighted by atomic mass is 32.2. The van der Waals surface area contributed by atoms with Gasteiger partial charge in [0, 0.05) is 9.79 Å². The minimum Gasteiger partial charge on any atom is -0.207 e. The third kappa shape index (κ3) is 6.48. The number of unbranched alkanes of at least 4 members (excludes halogenated alkanes) is 3. The molecular formula is C20H24F2S2. The summed E-state index contributed by atoms with van der Waals surface area (Å²) < 4.78 is 26.2. The van der Waals surface area contributed by atoms with E-state index in [0.29, 0.717) is 0 Å². The molecule has 0 saturated carbocycles. The van der Waals surface area contributed by atoms with E-state index in [0.717, 1.165) is 22.6 Å². The van der Waals surface area contributed by atoms with Gasteiger partial charge in [-0.2, -0.15) is 0 Å². The summed E-state index contributed by atoms with van der Waals surface area (Å²) in [7, 11) is 0. The number of hydrogen-bond donors (Lipinski definition) is 0. The zero-order valence-corrected chi connectivity index (χ0v) is 15.9. The highest BCUT2D eigenvalue weighted by molar-refractivity contribution is 8.18. The van der Waals surface area contributed by atoms with E-state index in [1.807, 2.05) is 24.3 Å². The van der Waals surface area contributed by atoms with Crippen molar-refractivity contribution in [2.75, 3.05) is 0 Å². The molecule has 2 aromatic carbocycles. The minimum absolute atomic E-state index is 0.0661. The lowest BCUT2D eigenvalue weighted by Gasteiger charge is -2.29. The summed E-state index contributed by atoms with van der Waals surface area (Å²) in [6, 6.07) is 13.3. The van der Waals surface area contributed by atoms with Gasteiger partial charge in [-0.1, -0.05) is 32.6 Å². The van der Waals surface area contributed by atoms with Crippen LogP contribution < -0.4 is 0 Å². The van der Waals surface area contributed by atoms with E-state index in [9.17, 15) is 8.78 Å². The van der Waals surface area contributed by atoms with Gasteiger partial charge in [0.2, 0.25) is 0 Å². The monoisotopic (exact) mass is 366 g/mol. The molecule has 0 spiro atoms. The molecule has 4 heteroatoms. The summed E-state index contributed by atoms with van der Waals surface area (Å²) in [4.78, 5) is 2.12. The molecule has 2 rings (SSSR count). The van der Waals surface area contributed by atoms with Crippen LogP contribution in [0.3, 0.4) is 0 Å². The van der Waals surface area contributed by atoms with Crippen LogP contribution in [-0.4, -0.2) is 4.08 Å². The molecule has 0 saturated heterocycles. The summed E-state index contributed by atoms with van der Waals surface area (Å²) in [5.41, 5.74) is 0. The van der Waals surface area contributed by atoms with Crippen LogP contribution >= 0.6 is 23.5 Å². The van der Waals surface area contributed by atoms with Gasteiger partial charge >= 0.3 is 0 Å². The number of thioether (sulfide) groups is 2. The first-order valence-electron chi connectivity index (χ1n) is 8.40. The van der Waals surface area contributed by atoms with Gasteiger partial charge in [-0.25, -0.2) is 8.78 Å². The normalized spacial score (nSPS) is 11.7. The first-order valence-corrected chi connectivity index (χ1v) is 10.0. The number of hydrogen-bond acceptors (Lipinski definition) is 2. The Kier molecular flexibility index (Phi) is 7.63. The average Bonchev–Trinajstić information content (AvgIpc) is 2.56. The van der Waals surface area contributed by atoms with Gasteiger partial charge in [0.05, 0.1) is 4.08 Å². The van der Waals surface area contributed by atoms with Gasteiger partial charge in [-0.3, -0.25) is 0 Å².